The molecule has 0 heterocycles. The number of anilines is 3. The van der Waals surface area contributed by atoms with E-state index in [4.69, 9.17) is 16.3 Å². The Morgan fingerprint density at radius 2 is 1.54 bits per heavy atom. The summed E-state index contributed by atoms with van der Waals surface area (Å²) in [6, 6.07) is 20.6. The molecule has 5 nitrogen and oxygen atoms in total. The molecule has 0 saturated heterocycles. The van der Waals surface area contributed by atoms with Crippen LogP contribution in [-0.2, 0) is 10.0 Å². The largest absolute Gasteiger partial charge is 0.497 e. The third-order valence-corrected chi connectivity index (χ3v) is 5.22. The molecule has 0 fully saturated rings. The van der Waals surface area contributed by atoms with Gasteiger partial charge in [0.05, 0.1) is 12.0 Å². The number of sulfonamides is 1. The van der Waals surface area contributed by atoms with Gasteiger partial charge in [0, 0.05) is 28.2 Å². The van der Waals surface area contributed by atoms with E-state index in [1.807, 2.05) is 24.3 Å². The van der Waals surface area contributed by atoms with Crippen LogP contribution in [0.1, 0.15) is 0 Å². The fourth-order valence-electron chi connectivity index (χ4n) is 2.34. The maximum absolute atomic E-state index is 12.4. The van der Waals surface area contributed by atoms with Crippen LogP contribution in [0, 0.1) is 0 Å². The summed E-state index contributed by atoms with van der Waals surface area (Å²) in [7, 11) is -2.08. The fraction of sp³-hybridized carbons (Fsp3) is 0.0526. The van der Waals surface area contributed by atoms with E-state index in [0.29, 0.717) is 10.7 Å². The molecular formula is C19H17ClN2O3S. The normalized spacial score (nSPS) is 11.0. The summed E-state index contributed by atoms with van der Waals surface area (Å²) in [5.74, 6) is 0.751. The van der Waals surface area contributed by atoms with Gasteiger partial charge in [-0.3, -0.25) is 4.72 Å². The van der Waals surface area contributed by atoms with Crippen molar-refractivity contribution in [3.05, 3.63) is 77.8 Å². The van der Waals surface area contributed by atoms with Gasteiger partial charge in [-0.15, -0.1) is 0 Å². The lowest BCUT2D eigenvalue weighted by Gasteiger charge is -2.11. The first kappa shape index (κ1) is 18.1. The minimum atomic E-state index is -3.69. The quantitative estimate of drug-likeness (QED) is 0.630. The molecule has 0 atom stereocenters. The lowest BCUT2D eigenvalue weighted by molar-refractivity contribution is 0.415. The number of benzene rings is 3. The third-order valence-electron chi connectivity index (χ3n) is 3.60. The van der Waals surface area contributed by atoms with Crippen LogP contribution in [0.5, 0.6) is 5.75 Å². The Labute approximate surface area is 157 Å². The van der Waals surface area contributed by atoms with E-state index < -0.39 is 10.0 Å². The average molecular weight is 389 g/mol. The molecule has 0 bridgehead atoms. The van der Waals surface area contributed by atoms with Crippen LogP contribution in [0.3, 0.4) is 0 Å². The molecule has 134 valence electrons. The molecule has 0 aliphatic carbocycles. The number of rotatable bonds is 6. The van der Waals surface area contributed by atoms with Crippen LogP contribution in [0.15, 0.2) is 77.7 Å². The highest BCUT2D eigenvalue weighted by Crippen LogP contribution is 2.24. The van der Waals surface area contributed by atoms with Gasteiger partial charge in [0.15, 0.2) is 0 Å². The highest BCUT2D eigenvalue weighted by Gasteiger charge is 2.14. The lowest BCUT2D eigenvalue weighted by atomic mass is 10.2. The van der Waals surface area contributed by atoms with Crippen molar-refractivity contribution >= 4 is 38.7 Å². The van der Waals surface area contributed by atoms with Gasteiger partial charge in [-0.25, -0.2) is 8.42 Å². The standard InChI is InChI=1S/C19H17ClN2O3S/c1-25-18-6-3-5-17(13-18)21-15-8-10-16(11-9-15)22-26(23,24)19-7-2-4-14(20)12-19/h2-13,21-22H,1H3. The number of hydrogen-bond acceptors (Lipinski definition) is 4. The van der Waals surface area contributed by atoms with Crippen molar-refractivity contribution < 1.29 is 13.2 Å². The smallest absolute Gasteiger partial charge is 0.261 e. The van der Waals surface area contributed by atoms with E-state index in [2.05, 4.69) is 10.0 Å². The predicted octanol–water partition coefficient (Wildman–Crippen LogP) is 4.89. The Balaban J connectivity index is 1.73. The molecule has 2 N–H and O–H groups in total. The maximum Gasteiger partial charge on any atom is 0.261 e. The number of halogens is 1. The zero-order valence-electron chi connectivity index (χ0n) is 13.9. The monoisotopic (exact) mass is 388 g/mol. The molecule has 0 aromatic heterocycles. The van der Waals surface area contributed by atoms with E-state index in [-0.39, 0.29) is 4.90 Å². The van der Waals surface area contributed by atoms with Crippen molar-refractivity contribution in [1.82, 2.24) is 0 Å². The molecule has 3 rings (SSSR count). The highest BCUT2D eigenvalue weighted by molar-refractivity contribution is 7.92. The number of hydrogen-bond donors (Lipinski definition) is 2. The summed E-state index contributed by atoms with van der Waals surface area (Å²) in [5, 5.41) is 3.60. The molecule has 0 saturated carbocycles. The van der Waals surface area contributed by atoms with Gasteiger partial charge in [-0.1, -0.05) is 23.7 Å². The molecular weight excluding hydrogens is 372 g/mol. The molecule has 3 aromatic carbocycles. The molecule has 0 aliphatic heterocycles. The Morgan fingerprint density at radius 1 is 0.846 bits per heavy atom. The first-order valence-corrected chi connectivity index (χ1v) is 9.62. The topological polar surface area (TPSA) is 67.4 Å². The van der Waals surface area contributed by atoms with Gasteiger partial charge in [0.25, 0.3) is 10.0 Å². The van der Waals surface area contributed by atoms with Crippen molar-refractivity contribution in [1.29, 1.82) is 0 Å². The predicted molar refractivity (Wildman–Crippen MR) is 105 cm³/mol. The molecule has 0 amide bonds. The van der Waals surface area contributed by atoms with Crippen LogP contribution in [0.4, 0.5) is 17.1 Å². The van der Waals surface area contributed by atoms with Crippen molar-refractivity contribution in [3.63, 3.8) is 0 Å². The van der Waals surface area contributed by atoms with Gasteiger partial charge in [0.2, 0.25) is 0 Å². The summed E-state index contributed by atoms with van der Waals surface area (Å²) < 4.78 is 32.5. The maximum atomic E-state index is 12.4. The van der Waals surface area contributed by atoms with E-state index in [9.17, 15) is 8.42 Å². The van der Waals surface area contributed by atoms with Crippen molar-refractivity contribution in [2.75, 3.05) is 17.1 Å². The van der Waals surface area contributed by atoms with Gasteiger partial charge >= 0.3 is 0 Å². The second-order valence-corrected chi connectivity index (χ2v) is 7.62. The zero-order valence-corrected chi connectivity index (χ0v) is 15.5. The fourth-order valence-corrected chi connectivity index (χ4v) is 3.70. The summed E-state index contributed by atoms with van der Waals surface area (Å²) in [5.41, 5.74) is 2.15. The summed E-state index contributed by atoms with van der Waals surface area (Å²) in [6.07, 6.45) is 0. The van der Waals surface area contributed by atoms with Crippen LogP contribution in [-0.4, -0.2) is 15.5 Å². The average Bonchev–Trinajstić information content (AvgIpc) is 2.63. The Hall–Kier alpha value is -2.70. The van der Waals surface area contributed by atoms with Crippen LogP contribution in [0.2, 0.25) is 5.02 Å². The second-order valence-electron chi connectivity index (χ2n) is 5.50. The van der Waals surface area contributed by atoms with Gasteiger partial charge in [-0.05, 0) is 54.6 Å². The summed E-state index contributed by atoms with van der Waals surface area (Å²) >= 11 is 5.86. The van der Waals surface area contributed by atoms with Gasteiger partial charge < -0.3 is 10.1 Å². The molecule has 0 radical (unpaired) electrons. The van der Waals surface area contributed by atoms with Crippen LogP contribution >= 0.6 is 11.6 Å². The van der Waals surface area contributed by atoms with Crippen molar-refractivity contribution in [2.45, 2.75) is 4.90 Å². The van der Waals surface area contributed by atoms with Gasteiger partial charge in [-0.2, -0.15) is 0 Å². The Kier molecular flexibility index (Phi) is 5.35. The first-order valence-electron chi connectivity index (χ1n) is 7.76. The van der Waals surface area contributed by atoms with Crippen molar-refractivity contribution in [2.24, 2.45) is 0 Å². The van der Waals surface area contributed by atoms with E-state index in [1.165, 1.54) is 12.1 Å². The Bertz CT molecular complexity index is 1010. The minimum absolute atomic E-state index is 0.114. The molecule has 3 aromatic rings. The molecule has 0 spiro atoms. The number of nitrogens with one attached hydrogen (secondary N) is 2. The molecule has 26 heavy (non-hydrogen) atoms. The van der Waals surface area contributed by atoms with E-state index >= 15 is 0 Å². The first-order chi connectivity index (χ1) is 12.5. The van der Waals surface area contributed by atoms with E-state index in [1.54, 1.807) is 43.5 Å². The van der Waals surface area contributed by atoms with Crippen molar-refractivity contribution in [3.8, 4) is 5.75 Å². The van der Waals surface area contributed by atoms with E-state index in [0.717, 1.165) is 17.1 Å². The lowest BCUT2D eigenvalue weighted by Crippen LogP contribution is -2.12. The molecule has 7 heteroatoms. The summed E-state index contributed by atoms with van der Waals surface area (Å²) in [6.45, 7) is 0. The SMILES string of the molecule is COc1cccc(Nc2ccc(NS(=O)(=O)c3cccc(Cl)c3)cc2)c1. The third kappa shape index (κ3) is 4.47. The molecule has 0 aliphatic rings. The second kappa shape index (κ2) is 7.68. The van der Waals surface area contributed by atoms with Crippen LogP contribution < -0.4 is 14.8 Å². The molecule has 0 unspecified atom stereocenters. The number of ether oxygens (including phenoxy) is 1. The van der Waals surface area contributed by atoms with Crippen LogP contribution in [0.25, 0.3) is 0 Å². The highest BCUT2D eigenvalue weighted by atomic mass is 35.5. The zero-order chi connectivity index (χ0) is 18.6. The summed E-state index contributed by atoms with van der Waals surface area (Å²) in [4.78, 5) is 0.114. The Morgan fingerprint density at radius 3 is 2.23 bits per heavy atom. The minimum Gasteiger partial charge on any atom is -0.497 e. The van der Waals surface area contributed by atoms with Gasteiger partial charge in [0.1, 0.15) is 5.75 Å². The number of methoxy groups -OCH3 is 1.